The molecule has 0 bridgehead atoms. The summed E-state index contributed by atoms with van der Waals surface area (Å²) < 4.78 is 10.4. The Morgan fingerprint density at radius 1 is 0.833 bits per heavy atom. The number of hydrogen-bond acceptors (Lipinski definition) is 5. The first kappa shape index (κ1) is 24.8. The van der Waals surface area contributed by atoms with Crippen LogP contribution in [0.4, 0.5) is 15.3 Å². The smallest absolute Gasteiger partial charge is 0.430 e. The van der Waals surface area contributed by atoms with Crippen molar-refractivity contribution in [2.45, 2.75) is 32.4 Å². The van der Waals surface area contributed by atoms with E-state index < -0.39 is 17.7 Å². The molecule has 4 rings (SSSR count). The van der Waals surface area contributed by atoms with Gasteiger partial charge >= 0.3 is 12.2 Å². The van der Waals surface area contributed by atoms with Crippen molar-refractivity contribution < 1.29 is 23.9 Å². The Bertz CT molecular complexity index is 1220. The minimum absolute atomic E-state index is 0.0603. The molecule has 3 aromatic rings. The van der Waals surface area contributed by atoms with Gasteiger partial charge < -0.3 is 14.4 Å². The van der Waals surface area contributed by atoms with Crippen LogP contribution >= 0.6 is 0 Å². The van der Waals surface area contributed by atoms with Crippen LogP contribution in [0.5, 0.6) is 0 Å². The van der Waals surface area contributed by atoms with Crippen LogP contribution < -0.4 is 10.3 Å². The van der Waals surface area contributed by atoms with E-state index in [1.54, 1.807) is 24.8 Å². The number of para-hydroxylation sites is 1. The molecule has 1 aliphatic rings. The van der Waals surface area contributed by atoms with Crippen LogP contribution in [-0.2, 0) is 32.8 Å². The number of hydrazine groups is 1. The lowest BCUT2D eigenvalue weighted by molar-refractivity contribution is -0.131. The average Bonchev–Trinajstić information content (AvgIpc) is 3.12. The number of benzene rings is 3. The molecule has 8 heteroatoms. The molecule has 186 valence electrons. The molecule has 0 radical (unpaired) electrons. The number of ether oxygens (including phenoxy) is 2. The van der Waals surface area contributed by atoms with E-state index in [1.165, 1.54) is 0 Å². The summed E-state index contributed by atoms with van der Waals surface area (Å²) in [6.45, 7) is 3.77. The summed E-state index contributed by atoms with van der Waals surface area (Å²) in [6, 6.07) is 26.3. The van der Waals surface area contributed by atoms with Crippen molar-refractivity contribution in [3.05, 3.63) is 102 Å². The quantitative estimate of drug-likeness (QED) is 0.484. The van der Waals surface area contributed by atoms with Crippen LogP contribution in [0.1, 0.15) is 30.5 Å². The number of nitrogens with one attached hydrogen (secondary N) is 1. The lowest BCUT2D eigenvalue weighted by atomic mass is 9.84. The van der Waals surface area contributed by atoms with Crippen LogP contribution in [0.2, 0.25) is 0 Å². The normalized spacial score (nSPS) is 16.3. The fourth-order valence-electron chi connectivity index (χ4n) is 4.53. The number of nitrogens with zero attached hydrogens (tertiary/aromatic N) is 2. The van der Waals surface area contributed by atoms with Gasteiger partial charge in [-0.25, -0.2) is 15.0 Å². The summed E-state index contributed by atoms with van der Waals surface area (Å²) in [7, 11) is 0. The molecule has 36 heavy (non-hydrogen) atoms. The Hall–Kier alpha value is -4.33. The number of carbonyl (C=O) groups excluding carboxylic acids is 3. The first-order chi connectivity index (χ1) is 17.5. The zero-order valence-electron chi connectivity index (χ0n) is 20.3. The van der Waals surface area contributed by atoms with Crippen LogP contribution in [-0.4, -0.2) is 36.3 Å². The van der Waals surface area contributed by atoms with Gasteiger partial charge in [0.2, 0.25) is 0 Å². The third-order valence-electron chi connectivity index (χ3n) is 6.04. The molecule has 0 fully saturated rings. The lowest BCUT2D eigenvalue weighted by Crippen LogP contribution is -2.63. The first-order valence-electron chi connectivity index (χ1n) is 11.9. The Morgan fingerprint density at radius 3 is 2.06 bits per heavy atom. The van der Waals surface area contributed by atoms with E-state index in [1.807, 2.05) is 78.9 Å². The molecule has 1 heterocycles. The molecule has 0 saturated heterocycles. The monoisotopic (exact) mass is 487 g/mol. The van der Waals surface area contributed by atoms with Gasteiger partial charge in [-0.05, 0) is 31.0 Å². The van der Waals surface area contributed by atoms with Crippen LogP contribution in [0.3, 0.4) is 0 Å². The van der Waals surface area contributed by atoms with Crippen molar-refractivity contribution in [1.82, 2.24) is 10.4 Å². The molecular weight excluding hydrogens is 458 g/mol. The van der Waals surface area contributed by atoms with E-state index in [-0.39, 0.29) is 25.5 Å². The van der Waals surface area contributed by atoms with Crippen molar-refractivity contribution >= 4 is 23.8 Å². The van der Waals surface area contributed by atoms with Gasteiger partial charge in [-0.2, -0.15) is 5.01 Å². The molecule has 1 N–H and O–H groups in total. The largest absolute Gasteiger partial charge is 0.449 e. The fraction of sp³-hybridized carbons (Fsp3) is 0.250. The standard InChI is InChI=1S/C28H29N3O5/c1-3-35-26(33)29-31(27(34)36-4-2)28(19-21-13-7-5-8-14-21)23-17-11-12-18-24(23)30(25(28)32)20-22-15-9-6-10-16-22/h5-18H,3-4,19-20H2,1-2H3,(H,29,33)/t28-/m1/s1. The molecule has 0 aliphatic carbocycles. The van der Waals surface area contributed by atoms with E-state index in [9.17, 15) is 14.4 Å². The molecule has 3 amide bonds. The zero-order chi connectivity index (χ0) is 25.5. The number of amides is 3. The third-order valence-corrected chi connectivity index (χ3v) is 6.04. The molecule has 0 spiro atoms. The summed E-state index contributed by atoms with van der Waals surface area (Å²) in [4.78, 5) is 42.1. The summed E-state index contributed by atoms with van der Waals surface area (Å²) in [5.74, 6) is -0.360. The van der Waals surface area contributed by atoms with Gasteiger partial charge in [0.1, 0.15) is 0 Å². The Balaban J connectivity index is 1.90. The predicted octanol–water partition coefficient (Wildman–Crippen LogP) is 4.79. The van der Waals surface area contributed by atoms with E-state index in [0.29, 0.717) is 17.8 Å². The third kappa shape index (κ3) is 4.75. The first-order valence-corrected chi connectivity index (χ1v) is 11.9. The second-order valence-electron chi connectivity index (χ2n) is 8.28. The zero-order valence-corrected chi connectivity index (χ0v) is 20.3. The summed E-state index contributed by atoms with van der Waals surface area (Å²) in [5, 5.41) is 0.994. The Morgan fingerprint density at radius 2 is 1.42 bits per heavy atom. The molecule has 1 atom stereocenters. The maximum Gasteiger partial charge on any atom is 0.430 e. The SMILES string of the molecule is CCOC(=O)NN(C(=O)OCC)[C@@]1(Cc2ccccc2)C(=O)N(Cc2ccccc2)c2ccccc21. The number of rotatable bonds is 7. The number of hydrogen-bond donors (Lipinski definition) is 1. The minimum atomic E-state index is -1.61. The molecule has 1 aliphatic heterocycles. The van der Waals surface area contributed by atoms with Gasteiger partial charge in [0.05, 0.1) is 25.4 Å². The highest BCUT2D eigenvalue weighted by atomic mass is 16.6. The van der Waals surface area contributed by atoms with Crippen LogP contribution in [0.15, 0.2) is 84.9 Å². The summed E-state index contributed by atoms with van der Waals surface area (Å²) >= 11 is 0. The predicted molar refractivity (Wildman–Crippen MR) is 135 cm³/mol. The van der Waals surface area contributed by atoms with E-state index in [4.69, 9.17) is 9.47 Å². The van der Waals surface area contributed by atoms with Gasteiger partial charge in [0.25, 0.3) is 5.91 Å². The number of fused-ring (bicyclic) bond motifs is 1. The second kappa shape index (κ2) is 10.9. The average molecular weight is 488 g/mol. The number of carbonyl (C=O) groups is 3. The maximum atomic E-state index is 14.5. The topological polar surface area (TPSA) is 88.2 Å². The van der Waals surface area contributed by atoms with Crippen molar-refractivity contribution in [2.75, 3.05) is 18.1 Å². The fourth-order valence-corrected chi connectivity index (χ4v) is 4.53. The highest BCUT2D eigenvalue weighted by molar-refractivity contribution is 6.09. The molecule has 0 unspecified atom stereocenters. The Labute approximate surface area is 210 Å². The van der Waals surface area contributed by atoms with Crippen molar-refractivity contribution in [3.63, 3.8) is 0 Å². The summed E-state index contributed by atoms with van der Waals surface area (Å²) in [6.07, 6.45) is -1.60. The van der Waals surface area contributed by atoms with E-state index in [0.717, 1.165) is 16.1 Å². The van der Waals surface area contributed by atoms with Crippen molar-refractivity contribution in [1.29, 1.82) is 0 Å². The molecular formula is C28H29N3O5. The molecule has 0 aromatic heterocycles. The summed E-state index contributed by atoms with van der Waals surface area (Å²) in [5.41, 5.74) is 3.88. The molecule has 3 aromatic carbocycles. The second-order valence-corrected chi connectivity index (χ2v) is 8.28. The minimum Gasteiger partial charge on any atom is -0.449 e. The number of anilines is 1. The van der Waals surface area contributed by atoms with Gasteiger partial charge in [0.15, 0.2) is 5.54 Å². The molecule has 8 nitrogen and oxygen atoms in total. The van der Waals surface area contributed by atoms with Crippen molar-refractivity contribution in [3.8, 4) is 0 Å². The van der Waals surface area contributed by atoms with Gasteiger partial charge in [-0.15, -0.1) is 0 Å². The van der Waals surface area contributed by atoms with Gasteiger partial charge in [-0.1, -0.05) is 78.9 Å². The lowest BCUT2D eigenvalue weighted by Gasteiger charge is -2.38. The van der Waals surface area contributed by atoms with E-state index >= 15 is 0 Å². The van der Waals surface area contributed by atoms with Crippen molar-refractivity contribution in [2.24, 2.45) is 0 Å². The highest BCUT2D eigenvalue weighted by Gasteiger charge is 2.58. The van der Waals surface area contributed by atoms with Crippen LogP contribution in [0, 0.1) is 0 Å². The highest BCUT2D eigenvalue weighted by Crippen LogP contribution is 2.46. The van der Waals surface area contributed by atoms with Gasteiger partial charge in [-0.3, -0.25) is 4.79 Å². The van der Waals surface area contributed by atoms with E-state index in [2.05, 4.69) is 5.43 Å². The van der Waals surface area contributed by atoms with Gasteiger partial charge in [0, 0.05) is 12.0 Å². The Kier molecular flexibility index (Phi) is 7.53. The molecule has 0 saturated carbocycles. The maximum absolute atomic E-state index is 14.5. The van der Waals surface area contributed by atoms with Crippen LogP contribution in [0.25, 0.3) is 0 Å².